The minimum Gasteiger partial charge on any atom is -0.383 e. The van der Waals surface area contributed by atoms with E-state index < -0.39 is 0 Å². The summed E-state index contributed by atoms with van der Waals surface area (Å²) >= 11 is 2.35. The Kier molecular flexibility index (Phi) is 6.57. The third kappa shape index (κ3) is 4.74. The van der Waals surface area contributed by atoms with Crippen LogP contribution < -0.4 is 5.32 Å². The summed E-state index contributed by atoms with van der Waals surface area (Å²) in [7, 11) is 0. The molecular weight excluding hydrogens is 541 g/mol. The molecule has 0 atom stereocenters. The van der Waals surface area contributed by atoms with Gasteiger partial charge in [0, 0.05) is 47.0 Å². The van der Waals surface area contributed by atoms with Crippen LogP contribution in [0, 0.1) is 3.57 Å². The van der Waals surface area contributed by atoms with Gasteiger partial charge in [0.05, 0.1) is 5.52 Å². The lowest BCUT2D eigenvalue weighted by molar-refractivity contribution is 0.266. The molecular formula is C31H30IN3. The molecule has 6 rings (SSSR count). The molecule has 2 aliphatic rings. The van der Waals surface area contributed by atoms with E-state index in [4.69, 9.17) is 0 Å². The molecule has 0 radical (unpaired) electrons. The highest BCUT2D eigenvalue weighted by atomic mass is 127. The topological polar surface area (TPSA) is 28.2 Å². The monoisotopic (exact) mass is 571 g/mol. The van der Waals surface area contributed by atoms with E-state index in [2.05, 4.69) is 111 Å². The van der Waals surface area contributed by atoms with Crippen molar-refractivity contribution < 1.29 is 0 Å². The van der Waals surface area contributed by atoms with Gasteiger partial charge in [0.1, 0.15) is 0 Å². The fourth-order valence-corrected chi connectivity index (χ4v) is 6.16. The molecule has 176 valence electrons. The number of halogens is 1. The smallest absolute Gasteiger partial charge is 0.0733 e. The Balaban J connectivity index is 1.17. The maximum atomic E-state index is 4.53. The second-order valence-electron chi connectivity index (χ2n) is 9.58. The number of piperidine rings is 1. The van der Waals surface area contributed by atoms with E-state index in [9.17, 15) is 0 Å². The first-order valence-electron chi connectivity index (χ1n) is 12.7. The Morgan fingerprint density at radius 1 is 0.800 bits per heavy atom. The van der Waals surface area contributed by atoms with Crippen LogP contribution in [0.5, 0.6) is 0 Å². The summed E-state index contributed by atoms with van der Waals surface area (Å²) in [5.41, 5.74) is 11.3. The van der Waals surface area contributed by atoms with Crippen molar-refractivity contribution in [2.75, 3.05) is 31.5 Å². The van der Waals surface area contributed by atoms with Crippen molar-refractivity contribution in [3.63, 3.8) is 0 Å². The minimum atomic E-state index is 0.947. The van der Waals surface area contributed by atoms with Crippen LogP contribution in [-0.2, 0) is 12.8 Å². The summed E-state index contributed by atoms with van der Waals surface area (Å²) in [5, 5.41) is 4.87. The maximum absolute atomic E-state index is 4.53. The van der Waals surface area contributed by atoms with Crippen LogP contribution in [0.25, 0.3) is 16.5 Å². The molecule has 1 aliphatic heterocycles. The predicted molar refractivity (Wildman–Crippen MR) is 155 cm³/mol. The third-order valence-electron chi connectivity index (χ3n) is 7.50. The third-order valence-corrected chi connectivity index (χ3v) is 8.17. The highest BCUT2D eigenvalue weighted by Gasteiger charge is 2.23. The van der Waals surface area contributed by atoms with E-state index >= 15 is 0 Å². The number of aryl methyl sites for hydroxylation is 2. The molecule has 1 aromatic heterocycles. The summed E-state index contributed by atoms with van der Waals surface area (Å²) in [6, 6.07) is 26.7. The average molecular weight is 572 g/mol. The first-order valence-corrected chi connectivity index (χ1v) is 13.7. The Morgan fingerprint density at radius 2 is 1.49 bits per heavy atom. The standard InChI is InChI=1S/C31H30IN3/c32-25-11-12-28-29(13-16-33-30(28)21-25)34-17-20-35-18-14-24(15-19-35)31-26-7-3-1-5-22(26)9-10-23-6-2-4-8-27(23)31/h1-8,11-13,16,21H,9-10,14-15,17-20H2,(H,33,34). The van der Waals surface area contributed by atoms with Gasteiger partial charge in [-0.25, -0.2) is 0 Å². The molecule has 0 bridgehead atoms. The van der Waals surface area contributed by atoms with Gasteiger partial charge in [-0.2, -0.15) is 0 Å². The second-order valence-corrected chi connectivity index (χ2v) is 10.8. The molecule has 1 saturated heterocycles. The number of benzene rings is 3. The van der Waals surface area contributed by atoms with Gasteiger partial charge in [0.15, 0.2) is 0 Å². The predicted octanol–water partition coefficient (Wildman–Crippen LogP) is 6.95. The number of pyridine rings is 1. The van der Waals surface area contributed by atoms with Crippen LogP contribution in [-0.4, -0.2) is 36.1 Å². The second kappa shape index (κ2) is 10.1. The van der Waals surface area contributed by atoms with Crippen LogP contribution in [0.1, 0.15) is 35.1 Å². The first-order chi connectivity index (χ1) is 17.3. The lowest BCUT2D eigenvalue weighted by Gasteiger charge is -2.30. The molecule has 4 heteroatoms. The van der Waals surface area contributed by atoms with E-state index in [0.717, 1.165) is 57.4 Å². The maximum Gasteiger partial charge on any atom is 0.0733 e. The number of nitrogens with one attached hydrogen (secondary N) is 1. The van der Waals surface area contributed by atoms with Crippen molar-refractivity contribution in [2.45, 2.75) is 25.7 Å². The molecule has 1 fully saturated rings. The summed E-state index contributed by atoms with van der Waals surface area (Å²) in [6.45, 7) is 4.26. The van der Waals surface area contributed by atoms with E-state index in [-0.39, 0.29) is 0 Å². The zero-order chi connectivity index (χ0) is 23.6. The fourth-order valence-electron chi connectivity index (χ4n) is 5.68. The van der Waals surface area contributed by atoms with Gasteiger partial charge in [-0.1, -0.05) is 54.1 Å². The summed E-state index contributed by atoms with van der Waals surface area (Å²) in [5.74, 6) is 0. The molecule has 0 spiro atoms. The Hall–Kier alpha value is -2.70. The number of rotatable bonds is 4. The molecule has 35 heavy (non-hydrogen) atoms. The zero-order valence-corrected chi connectivity index (χ0v) is 22.1. The Morgan fingerprint density at radius 3 is 2.20 bits per heavy atom. The SMILES string of the molecule is Ic1ccc2c(NCCN3CCC(=C4c5ccccc5CCc5ccccc54)CC3)ccnc2c1. The number of aromatic nitrogens is 1. The summed E-state index contributed by atoms with van der Waals surface area (Å²) in [6.07, 6.45) is 6.46. The largest absolute Gasteiger partial charge is 0.383 e. The van der Waals surface area contributed by atoms with Gasteiger partial charge < -0.3 is 10.2 Å². The van der Waals surface area contributed by atoms with Crippen LogP contribution in [0.3, 0.4) is 0 Å². The molecule has 4 aromatic rings. The van der Waals surface area contributed by atoms with E-state index in [0.29, 0.717) is 0 Å². The molecule has 1 aliphatic carbocycles. The van der Waals surface area contributed by atoms with Gasteiger partial charge in [0.2, 0.25) is 0 Å². The summed E-state index contributed by atoms with van der Waals surface area (Å²) in [4.78, 5) is 7.14. The molecule has 3 nitrogen and oxygen atoms in total. The Labute approximate surface area is 221 Å². The highest BCUT2D eigenvalue weighted by Crippen LogP contribution is 2.38. The highest BCUT2D eigenvalue weighted by molar-refractivity contribution is 14.1. The van der Waals surface area contributed by atoms with Crippen molar-refractivity contribution in [2.24, 2.45) is 0 Å². The number of hydrogen-bond acceptors (Lipinski definition) is 3. The zero-order valence-electron chi connectivity index (χ0n) is 19.9. The van der Waals surface area contributed by atoms with Gasteiger partial charge >= 0.3 is 0 Å². The van der Waals surface area contributed by atoms with Crippen LogP contribution >= 0.6 is 22.6 Å². The van der Waals surface area contributed by atoms with E-state index in [1.54, 1.807) is 5.57 Å². The van der Waals surface area contributed by atoms with E-state index in [1.165, 1.54) is 42.5 Å². The van der Waals surface area contributed by atoms with Gasteiger partial charge in [-0.3, -0.25) is 4.98 Å². The molecule has 0 unspecified atom stereocenters. The number of likely N-dealkylation sites (tertiary alicyclic amines) is 1. The quantitative estimate of drug-likeness (QED) is 0.269. The summed E-state index contributed by atoms with van der Waals surface area (Å²) < 4.78 is 1.22. The van der Waals surface area contributed by atoms with Crippen molar-refractivity contribution in [3.05, 3.63) is 110 Å². The number of hydrogen-bond donors (Lipinski definition) is 1. The van der Waals surface area contributed by atoms with Crippen molar-refractivity contribution in [1.29, 1.82) is 0 Å². The molecule has 3 aromatic carbocycles. The van der Waals surface area contributed by atoms with Crippen LogP contribution in [0.15, 0.2) is 84.6 Å². The van der Waals surface area contributed by atoms with Gasteiger partial charge in [0.25, 0.3) is 0 Å². The van der Waals surface area contributed by atoms with Crippen LogP contribution in [0.4, 0.5) is 5.69 Å². The van der Waals surface area contributed by atoms with E-state index in [1.807, 2.05) is 6.20 Å². The molecule has 1 N–H and O–H groups in total. The lowest BCUT2D eigenvalue weighted by atomic mass is 9.86. The van der Waals surface area contributed by atoms with Gasteiger partial charge in [-0.05, 0) is 100 Å². The van der Waals surface area contributed by atoms with Crippen molar-refractivity contribution >= 4 is 44.8 Å². The molecule has 0 amide bonds. The first kappa shape index (κ1) is 22.7. The Bertz CT molecular complexity index is 1350. The van der Waals surface area contributed by atoms with Crippen LogP contribution in [0.2, 0.25) is 0 Å². The normalized spacial score (nSPS) is 16.0. The van der Waals surface area contributed by atoms with Crippen molar-refractivity contribution in [3.8, 4) is 0 Å². The van der Waals surface area contributed by atoms with Crippen molar-refractivity contribution in [1.82, 2.24) is 9.88 Å². The van der Waals surface area contributed by atoms with Gasteiger partial charge in [-0.15, -0.1) is 0 Å². The number of fused-ring (bicyclic) bond motifs is 3. The molecule has 2 heterocycles. The number of nitrogens with zero attached hydrogens (tertiary/aromatic N) is 2. The minimum absolute atomic E-state index is 0.947. The average Bonchev–Trinajstić information content (AvgIpc) is 3.06. The fraction of sp³-hybridized carbons (Fsp3) is 0.258. The molecule has 0 saturated carbocycles. The lowest BCUT2D eigenvalue weighted by Crippen LogP contribution is -2.34. The number of anilines is 1.